The second-order valence-corrected chi connectivity index (χ2v) is 16.7. The zero-order chi connectivity index (χ0) is 53.1. The fourth-order valence-electron chi connectivity index (χ4n) is 5.10. The number of phenols is 1. The van der Waals surface area contributed by atoms with Crippen LogP contribution >= 0.6 is 31.9 Å². The van der Waals surface area contributed by atoms with Gasteiger partial charge < -0.3 is 31.0 Å². The highest BCUT2D eigenvalue weighted by Crippen LogP contribution is 2.34. The molecule has 20 nitrogen and oxygen atoms in total. The summed E-state index contributed by atoms with van der Waals surface area (Å²) in [4.78, 5) is 62.5. The van der Waals surface area contributed by atoms with Crippen LogP contribution in [0.4, 0.5) is 52.7 Å². The van der Waals surface area contributed by atoms with Crippen molar-refractivity contribution in [2.24, 2.45) is 0 Å². The van der Waals surface area contributed by atoms with Gasteiger partial charge in [0.15, 0.2) is 11.4 Å². The molecule has 2 aromatic carbocycles. The average molecular weight is 1160 g/mol. The molecule has 0 radical (unpaired) electrons. The molecule has 4 heterocycles. The van der Waals surface area contributed by atoms with Crippen LogP contribution in [-0.4, -0.2) is 71.4 Å². The van der Waals surface area contributed by atoms with Gasteiger partial charge in [-0.3, -0.25) is 9.59 Å². The van der Waals surface area contributed by atoms with Gasteiger partial charge in [-0.1, -0.05) is 0 Å². The Morgan fingerprint density at radius 1 is 0.643 bits per heavy atom. The third-order valence-electron chi connectivity index (χ3n) is 7.93. The quantitative estimate of drug-likeness (QED) is 0.0947. The molecule has 0 aliphatic rings. The molecule has 0 saturated heterocycles. The van der Waals surface area contributed by atoms with E-state index in [2.05, 4.69) is 61.3 Å². The van der Waals surface area contributed by atoms with Crippen molar-refractivity contribution in [2.75, 3.05) is 17.9 Å². The van der Waals surface area contributed by atoms with E-state index >= 15 is 0 Å². The Labute approximate surface area is 396 Å². The minimum atomic E-state index is -5.13. The van der Waals surface area contributed by atoms with E-state index in [4.69, 9.17) is 16.4 Å². The van der Waals surface area contributed by atoms with Gasteiger partial charge in [0.2, 0.25) is 26.8 Å². The van der Waals surface area contributed by atoms with Crippen LogP contribution in [0, 0.1) is 25.5 Å². The van der Waals surface area contributed by atoms with Crippen LogP contribution in [0.5, 0.6) is 29.3 Å². The third-order valence-corrected chi connectivity index (χ3v) is 10.0. The number of rotatable bonds is 9. The average Bonchev–Trinajstić information content (AvgIpc) is 3.19. The van der Waals surface area contributed by atoms with E-state index in [9.17, 15) is 85.4 Å². The van der Waals surface area contributed by atoms with Gasteiger partial charge in [0.25, 0.3) is 11.1 Å². The summed E-state index contributed by atoms with van der Waals surface area (Å²) in [7, 11) is -3.63. The van der Waals surface area contributed by atoms with Crippen LogP contribution in [0.15, 0.2) is 81.8 Å². The molecular weight excluding hydrogens is 1140 g/mol. The van der Waals surface area contributed by atoms with Crippen molar-refractivity contribution >= 4 is 41.7 Å². The summed E-state index contributed by atoms with van der Waals surface area (Å²) in [5, 5.41) is 8.94. The monoisotopic (exact) mass is 1160 g/mol. The largest absolute Gasteiger partial charge is 0.507 e. The number of aromatic nitrogens is 8. The number of nitrogens with two attached hydrogens (primary N) is 2. The minimum Gasteiger partial charge on any atom is -0.507 e. The number of aryl methyl sites for hydroxylation is 2. The molecule has 5 N–H and O–H groups in total. The Balaban J connectivity index is 0.000000248. The molecule has 0 fully saturated rings. The zero-order valence-corrected chi connectivity index (χ0v) is 38.3. The van der Waals surface area contributed by atoms with Gasteiger partial charge in [-0.2, -0.15) is 58.9 Å². The van der Waals surface area contributed by atoms with Crippen LogP contribution in [0.25, 0.3) is 11.4 Å². The van der Waals surface area contributed by atoms with Crippen molar-refractivity contribution in [1.82, 2.24) is 38.4 Å². The van der Waals surface area contributed by atoms with Gasteiger partial charge in [0.05, 0.1) is 20.3 Å². The number of ether oxygens (including phenoxy) is 3. The summed E-state index contributed by atoms with van der Waals surface area (Å²) in [6, 6.07) is 4.71. The highest BCUT2D eigenvalue weighted by atomic mass is 79.9. The first kappa shape index (κ1) is 55.4. The van der Waals surface area contributed by atoms with Gasteiger partial charge in [0, 0.05) is 54.0 Å². The first-order valence-electron chi connectivity index (χ1n) is 17.7. The van der Waals surface area contributed by atoms with Crippen molar-refractivity contribution < 1.29 is 80.4 Å². The highest BCUT2D eigenvalue weighted by Gasteiger charge is 2.37. The molecule has 0 atom stereocenters. The minimum absolute atomic E-state index is 0.0149. The zero-order valence-electron chi connectivity index (χ0n) is 34.3. The maximum absolute atomic E-state index is 14.6. The van der Waals surface area contributed by atoms with Crippen LogP contribution < -0.4 is 48.4 Å². The first-order chi connectivity index (χ1) is 32.1. The Morgan fingerprint density at radius 3 is 1.49 bits per heavy atom. The number of nitrogen functional groups attached to an aromatic ring is 2. The lowest BCUT2D eigenvalue weighted by atomic mass is 10.2. The summed E-state index contributed by atoms with van der Waals surface area (Å²) in [5.41, 5.74) is -10.9. The van der Waals surface area contributed by atoms with E-state index in [1.807, 2.05) is 0 Å². The third kappa shape index (κ3) is 13.5. The molecule has 0 bridgehead atoms. The molecule has 378 valence electrons. The van der Waals surface area contributed by atoms with Crippen molar-refractivity contribution in [3.05, 3.63) is 134 Å². The Bertz CT molecular complexity index is 3340. The summed E-state index contributed by atoms with van der Waals surface area (Å²) in [6.07, 6.45) is -9.28. The number of hydrogen-bond acceptors (Lipinski definition) is 16. The van der Waals surface area contributed by atoms with Crippen molar-refractivity contribution in [1.29, 1.82) is 0 Å². The number of phenolic OH excluding ortho intramolecular Hbond substituents is 1. The molecule has 0 spiro atoms. The van der Waals surface area contributed by atoms with E-state index in [1.165, 1.54) is 13.8 Å². The normalized spacial score (nSPS) is 11.7. The van der Waals surface area contributed by atoms with E-state index in [0.717, 1.165) is 36.6 Å². The summed E-state index contributed by atoms with van der Waals surface area (Å²) < 4.78 is 189. The lowest BCUT2D eigenvalue weighted by molar-refractivity contribution is -0.144. The molecule has 0 aliphatic heterocycles. The predicted molar refractivity (Wildman–Crippen MR) is 220 cm³/mol. The number of benzene rings is 2. The molecule has 70 heavy (non-hydrogen) atoms. The van der Waals surface area contributed by atoms with Gasteiger partial charge in [-0.15, -0.1) is 0 Å². The molecule has 0 saturated carbocycles. The number of hydrogen-bond donors (Lipinski definition) is 3. The fraction of sp³-hybridized carbons (Fsp3) is 0.200. The molecule has 0 amide bonds. The van der Waals surface area contributed by atoms with Gasteiger partial charge in [0.1, 0.15) is 23.1 Å². The molecule has 4 aromatic heterocycles. The maximum Gasteiger partial charge on any atom is 0.433 e. The number of aromatic hydroxyl groups is 1. The van der Waals surface area contributed by atoms with Crippen LogP contribution in [0.2, 0.25) is 0 Å². The van der Waals surface area contributed by atoms with E-state index < -0.39 is 121 Å². The summed E-state index contributed by atoms with van der Waals surface area (Å²) in [5.74, 6) is 6.00. The SMILES string of the molecule is Cc1cc(OC(F)F)nc(Oc2cc(-n3c(=O)cc(C(F)(F)F)n(N)c3=O)c(F)cc2Br)n1.Cc1cc(OC(F)F)nc(S(C)(=O)=O)n1.Nn1c(C(F)(F)F)cc(=O)n(-c2cc(O)c(Br)cc2F)c1=O. The van der Waals surface area contributed by atoms with Crippen LogP contribution in [0.3, 0.4) is 0 Å². The van der Waals surface area contributed by atoms with Gasteiger partial charge in [-0.05, 0) is 57.8 Å². The molecule has 0 unspecified atom stereocenters. The number of halogens is 14. The molecular formula is C35H24Br2F12N10O10S. The van der Waals surface area contributed by atoms with E-state index in [-0.39, 0.29) is 56.7 Å². The van der Waals surface area contributed by atoms with Crippen molar-refractivity contribution in [3.8, 4) is 40.6 Å². The van der Waals surface area contributed by atoms with E-state index in [1.54, 1.807) is 0 Å². The van der Waals surface area contributed by atoms with E-state index in [0.29, 0.717) is 6.07 Å². The second kappa shape index (κ2) is 21.2. The smallest absolute Gasteiger partial charge is 0.433 e. The Kier molecular flexibility index (Phi) is 16.8. The molecule has 6 rings (SSSR count). The lowest BCUT2D eigenvalue weighted by Gasteiger charge is -2.15. The molecule has 35 heteroatoms. The number of sulfone groups is 1. The Morgan fingerprint density at radius 2 is 1.06 bits per heavy atom. The van der Waals surface area contributed by atoms with Crippen molar-refractivity contribution in [2.45, 2.75) is 44.6 Å². The first-order valence-corrected chi connectivity index (χ1v) is 21.2. The van der Waals surface area contributed by atoms with Gasteiger partial charge in [-0.25, -0.2) is 50.3 Å². The fourth-order valence-corrected chi connectivity index (χ4v) is 6.38. The molecule has 0 aliphatic carbocycles. The van der Waals surface area contributed by atoms with Crippen LogP contribution in [0.1, 0.15) is 22.8 Å². The van der Waals surface area contributed by atoms with Crippen molar-refractivity contribution in [3.63, 3.8) is 0 Å². The standard InChI is InChI=1S/C17H10BrF6N5O4.C11H6BrF4N3O3.C7H8F2N2O3S/c1-6-2-12(33-14(20)21)27-15(26-6)32-10-4-9(8(19)3-7(10)18)28-13(30)5-11(17(22,23)24)29(25)16(28)31;12-4-1-5(13)6(2-7(4)20)18-9(21)3-8(11(14,15)16)19(17)10(18)22;1-4-3-5(14-6(8)9)11-7(10-4)15(2,12)13/h2-5,14H,25H2,1H3;1-3,20H,17H2;3,6H,1-2H3. The molecule has 6 aromatic rings. The predicted octanol–water partition coefficient (Wildman–Crippen LogP) is 5.25. The topological polar surface area (TPSA) is 274 Å². The Hall–Kier alpha value is -7.17. The number of alkyl halides is 10. The van der Waals surface area contributed by atoms with Crippen LogP contribution in [-0.2, 0) is 22.2 Å². The van der Waals surface area contributed by atoms with Gasteiger partial charge >= 0.3 is 43.0 Å². The second-order valence-electron chi connectivity index (χ2n) is 13.1. The summed E-state index contributed by atoms with van der Waals surface area (Å²) in [6.45, 7) is -3.38. The highest BCUT2D eigenvalue weighted by molar-refractivity contribution is 9.11. The summed E-state index contributed by atoms with van der Waals surface area (Å²) >= 11 is 5.77. The number of nitrogens with zero attached hydrogens (tertiary/aromatic N) is 8. The maximum atomic E-state index is 14.6. The lowest BCUT2D eigenvalue weighted by Crippen LogP contribution is -2.45.